The van der Waals surface area contributed by atoms with Gasteiger partial charge in [-0.05, 0) is 23.7 Å². The molecule has 1 amide bonds. The minimum atomic E-state index is -1.01. The molecule has 1 N–H and O–H groups in total. The lowest BCUT2D eigenvalue weighted by atomic mass is 10.1. The fourth-order valence-electron chi connectivity index (χ4n) is 2.45. The first kappa shape index (κ1) is 10.4. The van der Waals surface area contributed by atoms with Gasteiger partial charge in [0.15, 0.2) is 0 Å². The van der Waals surface area contributed by atoms with Gasteiger partial charge in [-0.3, -0.25) is 9.78 Å². The van der Waals surface area contributed by atoms with Gasteiger partial charge in [0.25, 0.3) is 0 Å². The summed E-state index contributed by atoms with van der Waals surface area (Å²) < 4.78 is 57.0. The first-order chi connectivity index (χ1) is 16.1. The molecule has 0 atom stereocenters. The van der Waals surface area contributed by atoms with Crippen molar-refractivity contribution in [1.29, 1.82) is 0 Å². The number of amides is 1. The predicted octanol–water partition coefficient (Wildman–Crippen LogP) is 3.68. The normalized spacial score (nSPS) is 15.5. The Morgan fingerprint density at radius 1 is 1.19 bits per heavy atom. The number of imidazole rings is 1. The second-order valence-electron chi connectivity index (χ2n) is 5.58. The van der Waals surface area contributed by atoms with Crippen molar-refractivity contribution in [1.82, 2.24) is 19.5 Å². The first-order valence-electron chi connectivity index (χ1n) is 11.4. The molecule has 0 saturated carbocycles. The molecule has 0 radical (unpaired) electrons. The van der Waals surface area contributed by atoms with Crippen molar-refractivity contribution >= 4 is 28.7 Å². The molecule has 4 rings (SSSR count). The zero-order valence-electron chi connectivity index (χ0n) is 21.2. The van der Waals surface area contributed by atoms with Crippen LogP contribution in [0, 0.1) is 0 Å². The average Bonchev–Trinajstić information content (AvgIpc) is 3.26. The molecule has 132 valence electrons. The lowest BCUT2D eigenvalue weighted by molar-refractivity contribution is -0.111. The molecule has 6 heteroatoms. The Balaban J connectivity index is 1.68. The molecule has 0 aliphatic rings. The van der Waals surface area contributed by atoms with E-state index in [1.165, 1.54) is 6.20 Å². The van der Waals surface area contributed by atoms with Gasteiger partial charge in [-0.2, -0.15) is 0 Å². The Labute approximate surface area is 166 Å². The molecule has 0 spiro atoms. The van der Waals surface area contributed by atoms with Crippen LogP contribution in [0.5, 0.6) is 0 Å². The number of nitrogens with one attached hydrogen (secondary N) is 1. The maximum atomic E-state index is 12.6. The Hall–Kier alpha value is -3.80. The number of carbonyl (C=O) groups is 1. The van der Waals surface area contributed by atoms with Gasteiger partial charge in [0.05, 0.1) is 39.5 Å². The highest BCUT2D eigenvalue weighted by atomic mass is 16.1. The van der Waals surface area contributed by atoms with Gasteiger partial charge in [0.2, 0.25) is 5.91 Å². The van der Waals surface area contributed by atoms with Crippen molar-refractivity contribution in [3.05, 3.63) is 78.9 Å². The molecule has 27 heavy (non-hydrogen) atoms. The topological polar surface area (TPSA) is 72.7 Å². The van der Waals surface area contributed by atoms with Gasteiger partial charge in [-0.15, -0.1) is 0 Å². The summed E-state index contributed by atoms with van der Waals surface area (Å²) in [6.07, 6.45) is 6.48. The highest BCUT2D eigenvalue weighted by molar-refractivity contribution is 6.02. The third-order valence-electron chi connectivity index (χ3n) is 3.72. The highest BCUT2D eigenvalue weighted by Crippen LogP contribution is 2.23. The minimum absolute atomic E-state index is 0.0973. The molecule has 0 bridgehead atoms. The van der Waals surface area contributed by atoms with Crippen molar-refractivity contribution in [3.63, 3.8) is 0 Å². The minimum Gasteiger partial charge on any atom is -0.334 e. The number of hydrogen-bond donors (Lipinski definition) is 1. The highest BCUT2D eigenvalue weighted by Gasteiger charge is 2.07. The van der Waals surface area contributed by atoms with Crippen LogP contribution < -0.4 is 5.32 Å². The Morgan fingerprint density at radius 2 is 2.04 bits per heavy atom. The predicted molar refractivity (Wildman–Crippen MR) is 106 cm³/mol. The average molecular weight is 362 g/mol. The van der Waals surface area contributed by atoms with Crippen molar-refractivity contribution in [2.45, 2.75) is 0 Å². The van der Waals surface area contributed by atoms with Crippen LogP contribution in [0.15, 0.2) is 73.3 Å². The van der Waals surface area contributed by atoms with E-state index in [-0.39, 0.29) is 5.82 Å². The van der Waals surface area contributed by atoms with E-state index >= 15 is 0 Å². The molecule has 0 unspecified atom stereocenters. The smallest absolute Gasteiger partial charge is 0.249 e. The zero-order valence-corrected chi connectivity index (χ0v) is 14.2. The fraction of sp³-hybridized carbons (Fsp3) is 0.0476. The second-order valence-corrected chi connectivity index (χ2v) is 5.58. The van der Waals surface area contributed by atoms with E-state index in [1.807, 2.05) is 17.7 Å². The number of carbonyl (C=O) groups excluding carboxylic acids is 1. The lowest BCUT2D eigenvalue weighted by Gasteiger charge is -2.06. The zero-order chi connectivity index (χ0) is 24.7. The number of fused-ring (bicyclic) bond motifs is 1. The molecular weight excluding hydrogens is 338 g/mol. The Kier molecular flexibility index (Phi) is 2.77. The quantitative estimate of drug-likeness (QED) is 0.562. The van der Waals surface area contributed by atoms with E-state index in [9.17, 15) is 4.79 Å². The van der Waals surface area contributed by atoms with E-state index in [2.05, 4.69) is 20.3 Å². The van der Waals surface area contributed by atoms with Crippen LogP contribution in [-0.2, 0) is 11.8 Å². The van der Waals surface area contributed by atoms with E-state index in [1.54, 1.807) is 24.8 Å². The van der Waals surface area contributed by atoms with E-state index in [0.29, 0.717) is 10.9 Å². The lowest BCUT2D eigenvalue weighted by Crippen LogP contribution is -2.09. The third kappa shape index (κ3) is 3.74. The van der Waals surface area contributed by atoms with Gasteiger partial charge >= 0.3 is 0 Å². The first-order valence-corrected chi connectivity index (χ1v) is 7.88. The number of pyridine rings is 2. The second kappa shape index (κ2) is 7.21. The van der Waals surface area contributed by atoms with Gasteiger partial charge < -0.3 is 9.88 Å². The summed E-state index contributed by atoms with van der Waals surface area (Å²) in [5, 5.41) is 3.08. The van der Waals surface area contributed by atoms with Crippen molar-refractivity contribution in [2.75, 3.05) is 5.32 Å². The summed E-state index contributed by atoms with van der Waals surface area (Å²) in [5.41, 5.74) is 1.69. The van der Waals surface area contributed by atoms with Crippen LogP contribution in [0.3, 0.4) is 0 Å². The van der Waals surface area contributed by atoms with Crippen molar-refractivity contribution < 1.29 is 14.4 Å². The standard InChI is InChI=1S/C21H17N5O/c1-26-14-22-13-19(26)17-9-16-10-20(24-12-18(16)23-11-17)25-21(27)8-7-15-5-3-2-4-6-15/h2-14H,1H3,(H,24,25,27)/b8-7+/i2D,3D,4D,5D,6D,7D,8D. The van der Waals surface area contributed by atoms with Crippen molar-refractivity contribution in [2.24, 2.45) is 7.05 Å². The number of hydrogen-bond acceptors (Lipinski definition) is 4. The fourth-order valence-corrected chi connectivity index (χ4v) is 2.45. The van der Waals surface area contributed by atoms with Crippen LogP contribution in [-0.4, -0.2) is 25.4 Å². The molecule has 0 aliphatic heterocycles. The summed E-state index contributed by atoms with van der Waals surface area (Å²) in [7, 11) is 1.85. The molecule has 4 aromatic rings. The van der Waals surface area contributed by atoms with E-state index in [4.69, 9.17) is 9.60 Å². The Bertz CT molecular complexity index is 1470. The number of anilines is 1. The molecule has 0 saturated heterocycles. The molecule has 3 aromatic heterocycles. The summed E-state index contributed by atoms with van der Waals surface area (Å²) in [5.74, 6) is -0.917. The summed E-state index contributed by atoms with van der Waals surface area (Å²) in [6.45, 7) is 0. The number of benzene rings is 1. The van der Waals surface area contributed by atoms with Crippen LogP contribution in [0.25, 0.3) is 28.2 Å². The van der Waals surface area contributed by atoms with E-state index < -0.39 is 53.8 Å². The number of aromatic nitrogens is 4. The van der Waals surface area contributed by atoms with Gasteiger partial charge in [-0.25, -0.2) is 9.97 Å². The number of rotatable bonds is 4. The van der Waals surface area contributed by atoms with Gasteiger partial charge in [-0.1, -0.05) is 30.2 Å². The summed E-state index contributed by atoms with van der Waals surface area (Å²) in [6, 6.07) is -1.51. The molecule has 0 fully saturated rings. The monoisotopic (exact) mass is 362 g/mol. The molecule has 0 aliphatic carbocycles. The number of nitrogens with zero attached hydrogens (tertiary/aromatic N) is 4. The molecular formula is C21H17N5O. The molecule has 1 aromatic carbocycles. The van der Waals surface area contributed by atoms with E-state index in [0.717, 1.165) is 11.3 Å². The van der Waals surface area contributed by atoms with Crippen molar-refractivity contribution in [3.8, 4) is 11.3 Å². The summed E-state index contributed by atoms with van der Waals surface area (Å²) >= 11 is 0. The largest absolute Gasteiger partial charge is 0.334 e. The van der Waals surface area contributed by atoms with Gasteiger partial charge in [0.1, 0.15) is 5.82 Å². The van der Waals surface area contributed by atoms with Crippen LogP contribution in [0.4, 0.5) is 5.82 Å². The molecule has 3 heterocycles. The van der Waals surface area contributed by atoms with Gasteiger partial charge in [0, 0.05) is 30.2 Å². The van der Waals surface area contributed by atoms with Crippen LogP contribution >= 0.6 is 0 Å². The number of aryl methyl sites for hydroxylation is 1. The van der Waals surface area contributed by atoms with Crippen LogP contribution in [0.1, 0.15) is 15.2 Å². The molecule has 6 nitrogen and oxygen atoms in total. The maximum Gasteiger partial charge on any atom is 0.249 e. The maximum absolute atomic E-state index is 12.6. The Morgan fingerprint density at radius 3 is 2.81 bits per heavy atom. The summed E-state index contributed by atoms with van der Waals surface area (Å²) in [4.78, 5) is 25.2. The van der Waals surface area contributed by atoms with Crippen LogP contribution in [0.2, 0.25) is 0 Å². The SMILES string of the molecule is [2H]/C(C(=O)Nc1cc2cc(-c3cncn3C)cnc2cn1)=C(/[2H])c1c([2H])c([2H])c([2H])c([2H])c1[2H]. The third-order valence-corrected chi connectivity index (χ3v) is 3.72.